The molecule has 1 aromatic rings. The highest BCUT2D eigenvalue weighted by Gasteiger charge is 2.14. The van der Waals surface area contributed by atoms with Crippen LogP contribution in [0.1, 0.15) is 43.4 Å². The smallest absolute Gasteiger partial charge is 0.310 e. The first-order valence-electron chi connectivity index (χ1n) is 5.74. The van der Waals surface area contributed by atoms with Gasteiger partial charge in [-0.05, 0) is 42.9 Å². The second-order valence-corrected chi connectivity index (χ2v) is 4.84. The molecule has 1 N–H and O–H groups in total. The summed E-state index contributed by atoms with van der Waals surface area (Å²) in [5.74, 6) is -0.566. The van der Waals surface area contributed by atoms with E-state index in [1.165, 1.54) is 11.1 Å². The molecule has 1 aromatic carbocycles. The maximum absolute atomic E-state index is 10.9. The third-order valence-corrected chi connectivity index (χ3v) is 2.87. The highest BCUT2D eigenvalue weighted by molar-refractivity contribution is 5.75. The van der Waals surface area contributed by atoms with E-state index in [1.54, 1.807) is 6.92 Å². The molecule has 0 aromatic heterocycles. The van der Waals surface area contributed by atoms with E-state index in [9.17, 15) is 4.79 Å². The number of benzene rings is 1. The number of carbonyl (C=O) groups is 1. The Morgan fingerprint density at radius 3 is 2.38 bits per heavy atom. The quantitative estimate of drug-likeness (QED) is 0.844. The molecular weight excluding hydrogens is 200 g/mol. The van der Waals surface area contributed by atoms with E-state index >= 15 is 0 Å². The molecule has 1 rings (SSSR count). The van der Waals surface area contributed by atoms with Crippen LogP contribution in [0.2, 0.25) is 0 Å². The summed E-state index contributed by atoms with van der Waals surface area (Å²) in [5.41, 5.74) is 3.40. The molecule has 0 radical (unpaired) electrons. The highest BCUT2D eigenvalue weighted by atomic mass is 16.4. The minimum Gasteiger partial charge on any atom is -0.481 e. The van der Waals surface area contributed by atoms with Crippen LogP contribution >= 0.6 is 0 Å². The van der Waals surface area contributed by atoms with Crippen molar-refractivity contribution in [3.63, 3.8) is 0 Å². The number of carboxylic acids is 1. The Labute approximate surface area is 97.3 Å². The fourth-order valence-corrected chi connectivity index (χ4v) is 1.80. The lowest BCUT2D eigenvalue weighted by Gasteiger charge is -2.12. The topological polar surface area (TPSA) is 37.3 Å². The minimum absolute atomic E-state index is 0.424. The zero-order valence-corrected chi connectivity index (χ0v) is 10.4. The predicted molar refractivity (Wildman–Crippen MR) is 65.8 cm³/mol. The lowest BCUT2D eigenvalue weighted by Crippen LogP contribution is -2.08. The molecule has 0 aliphatic heterocycles. The van der Waals surface area contributed by atoms with Crippen molar-refractivity contribution in [1.82, 2.24) is 0 Å². The maximum Gasteiger partial charge on any atom is 0.310 e. The first-order valence-corrected chi connectivity index (χ1v) is 5.74. The van der Waals surface area contributed by atoms with Crippen molar-refractivity contribution in [3.8, 4) is 0 Å². The van der Waals surface area contributed by atoms with Gasteiger partial charge in [0.15, 0.2) is 0 Å². The van der Waals surface area contributed by atoms with Gasteiger partial charge >= 0.3 is 5.97 Å². The van der Waals surface area contributed by atoms with Crippen molar-refractivity contribution in [2.75, 3.05) is 0 Å². The normalized spacial score (nSPS) is 12.8. The van der Waals surface area contributed by atoms with E-state index in [-0.39, 0.29) is 0 Å². The van der Waals surface area contributed by atoms with Gasteiger partial charge in [-0.3, -0.25) is 4.79 Å². The minimum atomic E-state index is -0.768. The van der Waals surface area contributed by atoms with E-state index in [1.807, 2.05) is 12.1 Å². The van der Waals surface area contributed by atoms with Gasteiger partial charge in [0, 0.05) is 0 Å². The molecule has 1 atom stereocenters. The maximum atomic E-state index is 10.9. The van der Waals surface area contributed by atoms with Crippen molar-refractivity contribution < 1.29 is 9.90 Å². The Balaban J connectivity index is 2.95. The molecule has 0 heterocycles. The molecule has 0 bridgehead atoms. The molecule has 88 valence electrons. The lowest BCUT2D eigenvalue weighted by atomic mass is 9.93. The average Bonchev–Trinajstić information content (AvgIpc) is 2.19. The van der Waals surface area contributed by atoms with Crippen LogP contribution in [0.5, 0.6) is 0 Å². The number of hydrogen-bond donors (Lipinski definition) is 1. The summed E-state index contributed by atoms with van der Waals surface area (Å²) in [7, 11) is 0. The zero-order valence-electron chi connectivity index (χ0n) is 10.4. The molecule has 16 heavy (non-hydrogen) atoms. The van der Waals surface area contributed by atoms with E-state index in [2.05, 4.69) is 26.8 Å². The van der Waals surface area contributed by atoms with E-state index in [4.69, 9.17) is 5.11 Å². The number of aliphatic carboxylic acids is 1. The first kappa shape index (κ1) is 12.8. The van der Waals surface area contributed by atoms with Crippen LogP contribution in [-0.4, -0.2) is 11.1 Å². The van der Waals surface area contributed by atoms with Gasteiger partial charge in [0.25, 0.3) is 0 Å². The fraction of sp³-hybridized carbons (Fsp3) is 0.500. The summed E-state index contributed by atoms with van der Waals surface area (Å²) in [6.07, 6.45) is 1.05. The van der Waals surface area contributed by atoms with Gasteiger partial charge in [-0.25, -0.2) is 0 Å². The molecular formula is C14H20O2. The van der Waals surface area contributed by atoms with Crippen LogP contribution in [0.15, 0.2) is 18.2 Å². The van der Waals surface area contributed by atoms with Crippen LogP contribution in [-0.2, 0) is 11.2 Å². The summed E-state index contributed by atoms with van der Waals surface area (Å²) >= 11 is 0. The van der Waals surface area contributed by atoms with Crippen molar-refractivity contribution in [3.05, 3.63) is 34.9 Å². The monoisotopic (exact) mass is 220 g/mol. The van der Waals surface area contributed by atoms with Gasteiger partial charge in [-0.1, -0.05) is 32.0 Å². The molecule has 2 nitrogen and oxygen atoms in total. The fourth-order valence-electron chi connectivity index (χ4n) is 1.80. The standard InChI is InChI=1S/C14H20O2/c1-9(2)7-12-5-6-13(8-10(12)3)11(4)14(15)16/h5-6,8-9,11H,7H2,1-4H3,(H,15,16). The van der Waals surface area contributed by atoms with Crippen LogP contribution in [0.3, 0.4) is 0 Å². The van der Waals surface area contributed by atoms with Gasteiger partial charge in [0.1, 0.15) is 0 Å². The van der Waals surface area contributed by atoms with Crippen LogP contribution in [0.4, 0.5) is 0 Å². The van der Waals surface area contributed by atoms with Gasteiger partial charge in [-0.15, -0.1) is 0 Å². The molecule has 0 amide bonds. The van der Waals surface area contributed by atoms with Gasteiger partial charge in [-0.2, -0.15) is 0 Å². The SMILES string of the molecule is Cc1cc(C(C)C(=O)O)ccc1CC(C)C. The molecule has 0 aliphatic rings. The average molecular weight is 220 g/mol. The van der Waals surface area contributed by atoms with Crippen LogP contribution in [0.25, 0.3) is 0 Å². The van der Waals surface area contributed by atoms with Gasteiger partial charge in [0.2, 0.25) is 0 Å². The summed E-state index contributed by atoms with van der Waals surface area (Å²) in [6, 6.07) is 5.99. The Hall–Kier alpha value is -1.31. The Bertz CT molecular complexity index is 380. The summed E-state index contributed by atoms with van der Waals surface area (Å²) < 4.78 is 0. The van der Waals surface area contributed by atoms with Crippen molar-refractivity contribution >= 4 is 5.97 Å². The molecule has 0 fully saturated rings. The summed E-state index contributed by atoms with van der Waals surface area (Å²) in [5, 5.41) is 8.94. The number of aryl methyl sites for hydroxylation is 1. The molecule has 0 saturated carbocycles. The van der Waals surface area contributed by atoms with Crippen molar-refractivity contribution in [2.45, 2.75) is 40.0 Å². The Morgan fingerprint density at radius 1 is 1.31 bits per heavy atom. The second-order valence-electron chi connectivity index (χ2n) is 4.84. The van der Waals surface area contributed by atoms with E-state index in [0.29, 0.717) is 5.92 Å². The highest BCUT2D eigenvalue weighted by Crippen LogP contribution is 2.21. The third-order valence-electron chi connectivity index (χ3n) is 2.87. The molecule has 2 heteroatoms. The van der Waals surface area contributed by atoms with Gasteiger partial charge < -0.3 is 5.11 Å². The molecule has 0 aliphatic carbocycles. The Morgan fingerprint density at radius 2 is 1.94 bits per heavy atom. The van der Waals surface area contributed by atoms with E-state index < -0.39 is 11.9 Å². The number of rotatable bonds is 4. The summed E-state index contributed by atoms with van der Waals surface area (Å²) in [6.45, 7) is 8.15. The first-order chi connectivity index (χ1) is 7.41. The van der Waals surface area contributed by atoms with E-state index in [0.717, 1.165) is 12.0 Å². The lowest BCUT2D eigenvalue weighted by molar-refractivity contribution is -0.138. The summed E-state index contributed by atoms with van der Waals surface area (Å²) in [4.78, 5) is 10.9. The zero-order chi connectivity index (χ0) is 12.3. The van der Waals surface area contributed by atoms with Crippen LogP contribution < -0.4 is 0 Å². The largest absolute Gasteiger partial charge is 0.481 e. The molecule has 1 unspecified atom stereocenters. The molecule has 0 saturated heterocycles. The molecule has 0 spiro atoms. The Kier molecular flexibility index (Phi) is 4.11. The van der Waals surface area contributed by atoms with Crippen molar-refractivity contribution in [2.24, 2.45) is 5.92 Å². The number of hydrogen-bond acceptors (Lipinski definition) is 1. The number of carboxylic acid groups (broad SMARTS) is 1. The van der Waals surface area contributed by atoms with Gasteiger partial charge in [0.05, 0.1) is 5.92 Å². The van der Waals surface area contributed by atoms with Crippen molar-refractivity contribution in [1.29, 1.82) is 0 Å². The second kappa shape index (κ2) is 5.15. The predicted octanol–water partition coefficient (Wildman–Crippen LogP) is 3.38. The van der Waals surface area contributed by atoms with Crippen LogP contribution in [0, 0.1) is 12.8 Å². The third kappa shape index (κ3) is 3.09.